The molecule has 120 valence electrons. The van der Waals surface area contributed by atoms with E-state index in [-0.39, 0.29) is 23.7 Å². The number of carbonyl (C=O) groups is 2. The lowest BCUT2D eigenvalue weighted by molar-refractivity contribution is -0.146. The summed E-state index contributed by atoms with van der Waals surface area (Å²) in [4.78, 5) is 26.4. The van der Waals surface area contributed by atoms with Gasteiger partial charge in [0.15, 0.2) is 6.10 Å². The van der Waals surface area contributed by atoms with Gasteiger partial charge in [0.2, 0.25) is 0 Å². The number of benzene rings is 1. The normalized spacial score (nSPS) is 23.0. The van der Waals surface area contributed by atoms with Crippen molar-refractivity contribution in [2.24, 2.45) is 0 Å². The van der Waals surface area contributed by atoms with E-state index in [1.54, 1.807) is 6.92 Å². The SMILES string of the molecule is C[C@@H]1CCC[C@H](C)N1C(=O)[C@@H](C)OC(=O)c1ccc(O)cc1. The van der Waals surface area contributed by atoms with Crippen LogP contribution in [0.4, 0.5) is 0 Å². The number of carbonyl (C=O) groups excluding carboxylic acids is 2. The van der Waals surface area contributed by atoms with Crippen molar-refractivity contribution in [3.05, 3.63) is 29.8 Å². The molecular formula is C17H23NO4. The monoisotopic (exact) mass is 305 g/mol. The number of rotatable bonds is 3. The largest absolute Gasteiger partial charge is 0.508 e. The van der Waals surface area contributed by atoms with Crippen molar-refractivity contribution < 1.29 is 19.4 Å². The Hall–Kier alpha value is -2.04. The first-order valence-corrected chi connectivity index (χ1v) is 7.72. The summed E-state index contributed by atoms with van der Waals surface area (Å²) in [5, 5.41) is 9.22. The molecule has 2 rings (SSSR count). The fourth-order valence-corrected chi connectivity index (χ4v) is 2.94. The zero-order valence-electron chi connectivity index (χ0n) is 13.3. The van der Waals surface area contributed by atoms with Gasteiger partial charge in [-0.15, -0.1) is 0 Å². The predicted molar refractivity (Wildman–Crippen MR) is 82.6 cm³/mol. The van der Waals surface area contributed by atoms with E-state index in [1.807, 2.05) is 18.7 Å². The number of esters is 1. The number of aromatic hydroxyl groups is 1. The molecule has 0 saturated carbocycles. The van der Waals surface area contributed by atoms with E-state index >= 15 is 0 Å². The van der Waals surface area contributed by atoms with Crippen LogP contribution in [0.15, 0.2) is 24.3 Å². The molecule has 1 heterocycles. The summed E-state index contributed by atoms with van der Waals surface area (Å²) >= 11 is 0. The Kier molecular flexibility index (Phi) is 5.06. The molecule has 22 heavy (non-hydrogen) atoms. The first kappa shape index (κ1) is 16.3. The van der Waals surface area contributed by atoms with Gasteiger partial charge < -0.3 is 14.7 Å². The van der Waals surface area contributed by atoms with Gasteiger partial charge in [-0.2, -0.15) is 0 Å². The van der Waals surface area contributed by atoms with Crippen molar-refractivity contribution >= 4 is 11.9 Å². The number of likely N-dealkylation sites (tertiary alicyclic amines) is 1. The molecule has 5 heteroatoms. The molecule has 0 radical (unpaired) electrons. The van der Waals surface area contributed by atoms with Crippen molar-refractivity contribution in [2.75, 3.05) is 0 Å². The molecule has 5 nitrogen and oxygen atoms in total. The van der Waals surface area contributed by atoms with Crippen LogP contribution in [-0.4, -0.2) is 40.1 Å². The van der Waals surface area contributed by atoms with Crippen LogP contribution in [0.3, 0.4) is 0 Å². The third-order valence-corrected chi connectivity index (χ3v) is 4.18. The number of hydrogen-bond acceptors (Lipinski definition) is 4. The zero-order chi connectivity index (χ0) is 16.3. The molecule has 1 aromatic carbocycles. The van der Waals surface area contributed by atoms with Crippen LogP contribution in [0.25, 0.3) is 0 Å². The molecule has 1 N–H and O–H groups in total. The van der Waals surface area contributed by atoms with Crippen molar-refractivity contribution in [3.8, 4) is 5.75 Å². The van der Waals surface area contributed by atoms with Gasteiger partial charge in [0.05, 0.1) is 5.56 Å². The lowest BCUT2D eigenvalue weighted by Gasteiger charge is -2.40. The van der Waals surface area contributed by atoms with Crippen LogP contribution in [0.5, 0.6) is 5.75 Å². The van der Waals surface area contributed by atoms with Crippen LogP contribution >= 0.6 is 0 Å². The van der Waals surface area contributed by atoms with Gasteiger partial charge in [-0.05, 0) is 64.3 Å². The third-order valence-electron chi connectivity index (χ3n) is 4.18. The molecule has 1 saturated heterocycles. The maximum atomic E-state index is 12.5. The molecule has 1 aliphatic heterocycles. The number of phenols is 1. The summed E-state index contributed by atoms with van der Waals surface area (Å²) < 4.78 is 5.28. The quantitative estimate of drug-likeness (QED) is 0.872. The summed E-state index contributed by atoms with van der Waals surface area (Å²) in [5.41, 5.74) is 0.317. The number of piperidine rings is 1. The minimum absolute atomic E-state index is 0.0802. The molecule has 0 unspecified atom stereocenters. The first-order valence-electron chi connectivity index (χ1n) is 7.72. The smallest absolute Gasteiger partial charge is 0.338 e. The number of phenolic OH excluding ortho intramolecular Hbond substituents is 1. The molecule has 0 aliphatic carbocycles. The lowest BCUT2D eigenvalue weighted by Crippen LogP contribution is -2.51. The minimum atomic E-state index is -0.815. The second-order valence-corrected chi connectivity index (χ2v) is 5.97. The van der Waals surface area contributed by atoms with Gasteiger partial charge >= 0.3 is 5.97 Å². The molecule has 1 fully saturated rings. The Labute approximate surface area is 130 Å². The highest BCUT2D eigenvalue weighted by atomic mass is 16.5. The van der Waals surface area contributed by atoms with Gasteiger partial charge in [-0.3, -0.25) is 4.79 Å². The van der Waals surface area contributed by atoms with Gasteiger partial charge in [-0.25, -0.2) is 4.79 Å². The van der Waals surface area contributed by atoms with Crippen molar-refractivity contribution in [1.82, 2.24) is 4.90 Å². The van der Waals surface area contributed by atoms with Gasteiger partial charge in [0.1, 0.15) is 5.75 Å². The van der Waals surface area contributed by atoms with E-state index in [1.165, 1.54) is 24.3 Å². The van der Waals surface area contributed by atoms with E-state index in [0.717, 1.165) is 19.3 Å². The molecule has 1 amide bonds. The van der Waals surface area contributed by atoms with E-state index in [9.17, 15) is 14.7 Å². The Balaban J connectivity index is 2.01. The molecular weight excluding hydrogens is 282 g/mol. The average molecular weight is 305 g/mol. The van der Waals surface area contributed by atoms with E-state index in [4.69, 9.17) is 4.74 Å². The molecule has 1 aromatic rings. The molecule has 1 aliphatic rings. The maximum absolute atomic E-state index is 12.5. The summed E-state index contributed by atoms with van der Waals surface area (Å²) in [7, 11) is 0. The van der Waals surface area contributed by atoms with Crippen molar-refractivity contribution in [1.29, 1.82) is 0 Å². The Morgan fingerprint density at radius 2 is 1.73 bits per heavy atom. The van der Waals surface area contributed by atoms with Crippen LogP contribution in [0, 0.1) is 0 Å². The second kappa shape index (κ2) is 6.81. The average Bonchev–Trinajstić information content (AvgIpc) is 2.47. The summed E-state index contributed by atoms with van der Waals surface area (Å²) in [6.45, 7) is 5.67. The standard InChI is InChI=1S/C17H23NO4/c1-11-5-4-6-12(2)18(11)16(20)13(3)22-17(21)14-7-9-15(19)10-8-14/h7-13,19H,4-6H2,1-3H3/t11-,12+,13-/m1/s1. The van der Waals surface area contributed by atoms with Crippen LogP contribution in [-0.2, 0) is 9.53 Å². The highest BCUT2D eigenvalue weighted by molar-refractivity contribution is 5.92. The second-order valence-electron chi connectivity index (χ2n) is 5.97. The number of hydrogen-bond donors (Lipinski definition) is 1. The first-order chi connectivity index (χ1) is 10.4. The fraction of sp³-hybridized carbons (Fsp3) is 0.529. The van der Waals surface area contributed by atoms with E-state index in [0.29, 0.717) is 5.56 Å². The highest BCUT2D eigenvalue weighted by Crippen LogP contribution is 2.24. The van der Waals surface area contributed by atoms with E-state index in [2.05, 4.69) is 0 Å². The van der Waals surface area contributed by atoms with Crippen LogP contribution < -0.4 is 0 Å². The van der Waals surface area contributed by atoms with Gasteiger partial charge in [0.25, 0.3) is 5.91 Å². The van der Waals surface area contributed by atoms with Crippen LogP contribution in [0.2, 0.25) is 0 Å². The third kappa shape index (κ3) is 3.59. The Morgan fingerprint density at radius 1 is 1.18 bits per heavy atom. The predicted octanol–water partition coefficient (Wildman–Crippen LogP) is 2.73. The van der Waals surface area contributed by atoms with Gasteiger partial charge in [0, 0.05) is 12.1 Å². The zero-order valence-corrected chi connectivity index (χ0v) is 13.3. The summed E-state index contributed by atoms with van der Waals surface area (Å²) in [6, 6.07) is 6.12. The van der Waals surface area contributed by atoms with Crippen molar-refractivity contribution in [2.45, 2.75) is 58.2 Å². The van der Waals surface area contributed by atoms with Crippen LogP contribution in [0.1, 0.15) is 50.4 Å². The maximum Gasteiger partial charge on any atom is 0.338 e. The summed E-state index contributed by atoms with van der Waals surface area (Å²) in [5.74, 6) is -0.623. The lowest BCUT2D eigenvalue weighted by atomic mass is 9.97. The van der Waals surface area contributed by atoms with E-state index < -0.39 is 12.1 Å². The number of amides is 1. The number of ether oxygens (including phenoxy) is 1. The minimum Gasteiger partial charge on any atom is -0.508 e. The number of nitrogens with zero attached hydrogens (tertiary/aromatic N) is 1. The Morgan fingerprint density at radius 3 is 2.27 bits per heavy atom. The van der Waals surface area contributed by atoms with Gasteiger partial charge in [-0.1, -0.05) is 0 Å². The Bertz CT molecular complexity index is 530. The molecule has 0 spiro atoms. The fourth-order valence-electron chi connectivity index (χ4n) is 2.94. The molecule has 0 aromatic heterocycles. The topological polar surface area (TPSA) is 66.8 Å². The molecule has 0 bridgehead atoms. The summed E-state index contributed by atoms with van der Waals surface area (Å²) in [6.07, 6.45) is 2.27. The highest BCUT2D eigenvalue weighted by Gasteiger charge is 2.33. The van der Waals surface area contributed by atoms with Crippen molar-refractivity contribution in [3.63, 3.8) is 0 Å². The molecule has 3 atom stereocenters.